The van der Waals surface area contributed by atoms with Gasteiger partial charge in [0.15, 0.2) is 11.6 Å². The van der Waals surface area contributed by atoms with E-state index in [-0.39, 0.29) is 18.2 Å². The maximum absolute atomic E-state index is 13.2. The first-order valence-corrected chi connectivity index (χ1v) is 6.17. The van der Waals surface area contributed by atoms with Crippen LogP contribution in [0.15, 0.2) is 22.7 Å². The van der Waals surface area contributed by atoms with E-state index in [0.29, 0.717) is 11.5 Å². The maximum Gasteiger partial charge on any atom is 0.247 e. The quantitative estimate of drug-likeness (QED) is 0.925. The molecule has 0 unspecified atom stereocenters. The minimum absolute atomic E-state index is 0. The van der Waals surface area contributed by atoms with E-state index < -0.39 is 17.2 Å². The zero-order valence-corrected chi connectivity index (χ0v) is 11.4. The second-order valence-electron chi connectivity index (χ2n) is 4.92. The Morgan fingerprint density at radius 3 is 2.50 bits per heavy atom. The summed E-state index contributed by atoms with van der Waals surface area (Å²) in [4.78, 5) is 4.21. The summed E-state index contributed by atoms with van der Waals surface area (Å²) in [6, 6.07) is 3.49. The number of benzene rings is 1. The van der Waals surface area contributed by atoms with E-state index in [1.807, 2.05) is 0 Å². The summed E-state index contributed by atoms with van der Waals surface area (Å²) in [6.45, 7) is 0. The zero-order valence-electron chi connectivity index (χ0n) is 10.6. The third-order valence-corrected chi connectivity index (χ3v) is 3.53. The summed E-state index contributed by atoms with van der Waals surface area (Å²) in [5.74, 6) is -1.25. The molecule has 1 heterocycles. The molecular formula is C13H14ClF2N3O. The van der Waals surface area contributed by atoms with Crippen molar-refractivity contribution in [1.82, 2.24) is 10.1 Å². The van der Waals surface area contributed by atoms with Crippen LogP contribution in [0.3, 0.4) is 0 Å². The minimum atomic E-state index is -0.938. The van der Waals surface area contributed by atoms with Gasteiger partial charge >= 0.3 is 0 Å². The first-order valence-electron chi connectivity index (χ1n) is 6.17. The van der Waals surface area contributed by atoms with Gasteiger partial charge in [-0.2, -0.15) is 4.98 Å². The highest BCUT2D eigenvalue weighted by molar-refractivity contribution is 5.85. The van der Waals surface area contributed by atoms with Crippen molar-refractivity contribution in [1.29, 1.82) is 0 Å². The molecule has 108 valence electrons. The smallest absolute Gasteiger partial charge is 0.247 e. The Labute approximate surface area is 120 Å². The number of aromatic nitrogens is 2. The minimum Gasteiger partial charge on any atom is -0.337 e. The molecule has 1 aromatic heterocycles. The predicted molar refractivity (Wildman–Crippen MR) is 71.2 cm³/mol. The van der Waals surface area contributed by atoms with Crippen LogP contribution >= 0.6 is 12.4 Å². The van der Waals surface area contributed by atoms with Crippen LogP contribution in [0.4, 0.5) is 8.78 Å². The molecular weight excluding hydrogens is 288 g/mol. The first kappa shape index (κ1) is 14.9. The predicted octanol–water partition coefficient (Wildman–Crippen LogP) is 3.16. The standard InChI is InChI=1S/C13H13F2N3O.ClH/c14-9-4-3-8(7-10(9)15)11-17-12(19-18-11)13(16)5-1-2-6-13;/h3-4,7H,1-2,5-6,16H2;1H. The van der Waals surface area contributed by atoms with Crippen molar-refractivity contribution >= 4 is 12.4 Å². The number of nitrogens with zero attached hydrogens (tertiary/aromatic N) is 2. The molecule has 1 saturated carbocycles. The number of hydrogen-bond donors (Lipinski definition) is 1. The monoisotopic (exact) mass is 301 g/mol. The van der Waals surface area contributed by atoms with E-state index in [0.717, 1.165) is 37.8 Å². The van der Waals surface area contributed by atoms with Crippen molar-refractivity contribution in [3.05, 3.63) is 35.7 Å². The van der Waals surface area contributed by atoms with E-state index in [1.54, 1.807) is 0 Å². The Bertz CT molecular complexity index is 611. The number of halogens is 3. The summed E-state index contributed by atoms with van der Waals surface area (Å²) in [5.41, 5.74) is 5.99. The van der Waals surface area contributed by atoms with E-state index in [1.165, 1.54) is 6.07 Å². The lowest BCUT2D eigenvalue weighted by atomic mass is 9.99. The van der Waals surface area contributed by atoms with Crippen LogP contribution in [0.5, 0.6) is 0 Å². The zero-order chi connectivity index (χ0) is 13.5. The molecule has 2 N–H and O–H groups in total. The molecule has 3 rings (SSSR count). The Hall–Kier alpha value is -1.53. The lowest BCUT2D eigenvalue weighted by molar-refractivity contribution is 0.285. The number of nitrogens with two attached hydrogens (primary N) is 1. The van der Waals surface area contributed by atoms with Gasteiger partial charge in [-0.15, -0.1) is 12.4 Å². The Morgan fingerprint density at radius 2 is 1.85 bits per heavy atom. The van der Waals surface area contributed by atoms with E-state index in [2.05, 4.69) is 10.1 Å². The van der Waals surface area contributed by atoms with E-state index in [4.69, 9.17) is 10.3 Å². The Kier molecular flexibility index (Phi) is 4.06. The molecule has 2 aromatic rings. The van der Waals surface area contributed by atoms with Crippen LogP contribution in [0.1, 0.15) is 31.6 Å². The lowest BCUT2D eigenvalue weighted by Gasteiger charge is -2.17. The second-order valence-corrected chi connectivity index (χ2v) is 4.92. The van der Waals surface area contributed by atoms with Crippen LogP contribution in [-0.2, 0) is 5.54 Å². The normalized spacial score (nSPS) is 16.9. The summed E-state index contributed by atoms with van der Waals surface area (Å²) in [7, 11) is 0. The number of hydrogen-bond acceptors (Lipinski definition) is 4. The fourth-order valence-corrected chi connectivity index (χ4v) is 2.40. The van der Waals surface area contributed by atoms with Gasteiger partial charge in [-0.25, -0.2) is 8.78 Å². The van der Waals surface area contributed by atoms with Gasteiger partial charge in [0.1, 0.15) is 0 Å². The molecule has 7 heteroatoms. The molecule has 1 aliphatic carbocycles. The molecule has 0 bridgehead atoms. The third kappa shape index (κ3) is 2.53. The van der Waals surface area contributed by atoms with Gasteiger partial charge in [0.2, 0.25) is 11.7 Å². The van der Waals surface area contributed by atoms with Crippen molar-refractivity contribution < 1.29 is 13.3 Å². The molecule has 0 aliphatic heterocycles. The topological polar surface area (TPSA) is 64.9 Å². The van der Waals surface area contributed by atoms with Crippen LogP contribution in [0.2, 0.25) is 0 Å². The highest BCUT2D eigenvalue weighted by Gasteiger charge is 2.36. The van der Waals surface area contributed by atoms with Gasteiger partial charge < -0.3 is 10.3 Å². The molecule has 1 fully saturated rings. The van der Waals surface area contributed by atoms with Crippen LogP contribution in [0.25, 0.3) is 11.4 Å². The molecule has 0 radical (unpaired) electrons. The Balaban J connectivity index is 0.00000147. The molecule has 0 spiro atoms. The molecule has 1 aromatic carbocycles. The van der Waals surface area contributed by atoms with Gasteiger partial charge in [0.05, 0.1) is 5.54 Å². The Morgan fingerprint density at radius 1 is 1.15 bits per heavy atom. The van der Waals surface area contributed by atoms with Crippen LogP contribution < -0.4 is 5.73 Å². The fraction of sp³-hybridized carbons (Fsp3) is 0.385. The van der Waals surface area contributed by atoms with Gasteiger partial charge in [0.25, 0.3) is 0 Å². The summed E-state index contributed by atoms with van der Waals surface area (Å²) >= 11 is 0. The molecule has 0 saturated heterocycles. The van der Waals surface area contributed by atoms with Crippen molar-refractivity contribution in [3.8, 4) is 11.4 Å². The molecule has 4 nitrogen and oxygen atoms in total. The summed E-state index contributed by atoms with van der Waals surface area (Å²) in [6.07, 6.45) is 3.65. The summed E-state index contributed by atoms with van der Waals surface area (Å²) in [5, 5.41) is 3.79. The number of rotatable bonds is 2. The third-order valence-electron chi connectivity index (χ3n) is 3.53. The van der Waals surface area contributed by atoms with Crippen LogP contribution in [0, 0.1) is 11.6 Å². The second kappa shape index (κ2) is 5.46. The highest BCUT2D eigenvalue weighted by Crippen LogP contribution is 2.36. The van der Waals surface area contributed by atoms with Crippen molar-refractivity contribution in [2.75, 3.05) is 0 Å². The molecule has 0 atom stereocenters. The maximum atomic E-state index is 13.2. The average molecular weight is 302 g/mol. The van der Waals surface area contributed by atoms with Crippen molar-refractivity contribution in [2.24, 2.45) is 5.73 Å². The van der Waals surface area contributed by atoms with E-state index >= 15 is 0 Å². The molecule has 20 heavy (non-hydrogen) atoms. The molecule has 0 amide bonds. The van der Waals surface area contributed by atoms with Gasteiger partial charge in [-0.1, -0.05) is 18.0 Å². The fourth-order valence-electron chi connectivity index (χ4n) is 2.40. The highest BCUT2D eigenvalue weighted by atomic mass is 35.5. The SMILES string of the molecule is Cl.NC1(c2nc(-c3ccc(F)c(F)c3)no2)CCCC1. The van der Waals surface area contributed by atoms with Crippen molar-refractivity contribution in [3.63, 3.8) is 0 Å². The van der Waals surface area contributed by atoms with E-state index in [9.17, 15) is 8.78 Å². The van der Waals surface area contributed by atoms with Gasteiger partial charge in [-0.05, 0) is 31.0 Å². The largest absolute Gasteiger partial charge is 0.337 e. The molecule has 1 aliphatic rings. The van der Waals surface area contributed by atoms with Crippen LogP contribution in [-0.4, -0.2) is 10.1 Å². The van der Waals surface area contributed by atoms with Gasteiger partial charge in [0, 0.05) is 5.56 Å². The van der Waals surface area contributed by atoms with Crippen molar-refractivity contribution in [2.45, 2.75) is 31.2 Å². The first-order chi connectivity index (χ1) is 9.08. The summed E-state index contributed by atoms with van der Waals surface area (Å²) < 4.78 is 31.2. The lowest BCUT2D eigenvalue weighted by Crippen LogP contribution is -2.33. The van der Waals surface area contributed by atoms with Gasteiger partial charge in [-0.3, -0.25) is 0 Å². The average Bonchev–Trinajstić information content (AvgIpc) is 3.02.